The third kappa shape index (κ3) is 4.49. The van der Waals surface area contributed by atoms with E-state index in [9.17, 15) is 5.11 Å². The Kier molecular flexibility index (Phi) is 5.35. The summed E-state index contributed by atoms with van der Waals surface area (Å²) >= 11 is 0. The average Bonchev–Trinajstić information content (AvgIpc) is 2.73. The Bertz CT molecular complexity index is 1080. The number of phenols is 1. The minimum atomic E-state index is 0.302. The Labute approximate surface area is 172 Å². The van der Waals surface area contributed by atoms with Crippen molar-refractivity contribution in [1.29, 1.82) is 0 Å². The molecule has 0 radical (unpaired) electrons. The number of rotatable bonds is 5. The van der Waals surface area contributed by atoms with Gasteiger partial charge in [-0.3, -0.25) is 0 Å². The van der Waals surface area contributed by atoms with Crippen molar-refractivity contribution in [2.75, 3.05) is 4.90 Å². The molecule has 1 N–H and O–H groups in total. The number of hydrogen-bond donors (Lipinski definition) is 1. The number of hydrogen-bond acceptors (Lipinski definition) is 2. The highest BCUT2D eigenvalue weighted by Crippen LogP contribution is 2.35. The van der Waals surface area contributed by atoms with Crippen molar-refractivity contribution in [3.63, 3.8) is 0 Å². The molecule has 0 saturated carbocycles. The lowest BCUT2D eigenvalue weighted by molar-refractivity contribution is 0.475. The molecule has 2 heteroatoms. The zero-order chi connectivity index (χ0) is 20.2. The summed E-state index contributed by atoms with van der Waals surface area (Å²) in [6, 6.07) is 33.3. The molecule has 0 atom stereocenters. The quantitative estimate of drug-likeness (QED) is 0.401. The van der Waals surface area contributed by atoms with Crippen LogP contribution in [0, 0.1) is 13.8 Å². The molecule has 4 aromatic carbocycles. The highest BCUT2D eigenvalue weighted by atomic mass is 16.3. The summed E-state index contributed by atoms with van der Waals surface area (Å²) in [5, 5.41) is 9.47. The van der Waals surface area contributed by atoms with Gasteiger partial charge in [-0.15, -0.1) is 0 Å². The van der Waals surface area contributed by atoms with Crippen molar-refractivity contribution < 1.29 is 5.11 Å². The molecule has 0 saturated heterocycles. The molecule has 0 fully saturated rings. The molecule has 0 aliphatic heterocycles. The van der Waals surface area contributed by atoms with Gasteiger partial charge in [-0.1, -0.05) is 54.1 Å². The number of aryl methyl sites for hydroxylation is 2. The second-order valence-electron chi connectivity index (χ2n) is 7.52. The Balaban J connectivity index is 1.67. The van der Waals surface area contributed by atoms with Crippen molar-refractivity contribution in [2.45, 2.75) is 20.3 Å². The van der Waals surface area contributed by atoms with E-state index in [1.54, 1.807) is 12.1 Å². The monoisotopic (exact) mass is 379 g/mol. The van der Waals surface area contributed by atoms with E-state index in [1.807, 2.05) is 12.1 Å². The van der Waals surface area contributed by atoms with Gasteiger partial charge in [0.1, 0.15) is 5.75 Å². The first-order valence-corrected chi connectivity index (χ1v) is 9.89. The van der Waals surface area contributed by atoms with Crippen molar-refractivity contribution in [1.82, 2.24) is 0 Å². The summed E-state index contributed by atoms with van der Waals surface area (Å²) in [5.41, 5.74) is 8.35. The molecule has 0 aliphatic carbocycles. The van der Waals surface area contributed by atoms with Gasteiger partial charge in [0.05, 0.1) is 0 Å². The van der Waals surface area contributed by atoms with Crippen LogP contribution in [0.2, 0.25) is 0 Å². The lowest BCUT2D eigenvalue weighted by Crippen LogP contribution is -2.10. The maximum Gasteiger partial charge on any atom is 0.115 e. The highest BCUT2D eigenvalue weighted by molar-refractivity contribution is 5.76. The van der Waals surface area contributed by atoms with E-state index in [2.05, 4.69) is 91.5 Å². The molecule has 144 valence electrons. The third-order valence-corrected chi connectivity index (χ3v) is 5.09. The first-order chi connectivity index (χ1) is 14.1. The van der Waals surface area contributed by atoms with Gasteiger partial charge in [0.15, 0.2) is 0 Å². The Morgan fingerprint density at radius 1 is 0.586 bits per heavy atom. The standard InChI is InChI=1S/C27H25NO/c1-20-6-12-24(13-7-20)28(26-5-3-4-21(2)18-26)25-14-8-22(9-15-25)19-23-10-16-27(29)17-11-23/h3-18,29H,19H2,1-2H3. The predicted molar refractivity (Wildman–Crippen MR) is 122 cm³/mol. The fourth-order valence-electron chi connectivity index (χ4n) is 3.52. The second kappa shape index (κ2) is 8.24. The average molecular weight is 380 g/mol. The van der Waals surface area contributed by atoms with Crippen molar-refractivity contribution in [2.24, 2.45) is 0 Å². The highest BCUT2D eigenvalue weighted by Gasteiger charge is 2.12. The largest absolute Gasteiger partial charge is 0.508 e. The molecule has 0 spiro atoms. The van der Waals surface area contributed by atoms with Gasteiger partial charge in [-0.2, -0.15) is 0 Å². The van der Waals surface area contributed by atoms with Crippen LogP contribution in [0.3, 0.4) is 0 Å². The fourth-order valence-corrected chi connectivity index (χ4v) is 3.52. The van der Waals surface area contributed by atoms with Crippen molar-refractivity contribution >= 4 is 17.1 Å². The Morgan fingerprint density at radius 2 is 1.14 bits per heavy atom. The molecule has 4 aromatic rings. The maximum atomic E-state index is 9.47. The van der Waals surface area contributed by atoms with Crippen LogP contribution in [-0.4, -0.2) is 5.11 Å². The molecule has 0 unspecified atom stereocenters. The van der Waals surface area contributed by atoms with Crippen molar-refractivity contribution in [3.8, 4) is 5.75 Å². The number of nitrogens with zero attached hydrogens (tertiary/aromatic N) is 1. The molecule has 0 aliphatic rings. The molecule has 2 nitrogen and oxygen atoms in total. The number of phenolic OH excluding ortho intramolecular Hbond substituents is 1. The van der Waals surface area contributed by atoms with Crippen LogP contribution in [0.5, 0.6) is 5.75 Å². The van der Waals surface area contributed by atoms with E-state index in [4.69, 9.17) is 0 Å². The van der Waals surface area contributed by atoms with Crippen LogP contribution in [0.4, 0.5) is 17.1 Å². The second-order valence-corrected chi connectivity index (χ2v) is 7.52. The molecule has 0 amide bonds. The van der Waals surface area contributed by atoms with Crippen LogP contribution in [0.25, 0.3) is 0 Å². The first kappa shape index (κ1) is 18.8. The van der Waals surface area contributed by atoms with Gasteiger partial charge >= 0.3 is 0 Å². The SMILES string of the molecule is Cc1ccc(N(c2ccc(Cc3ccc(O)cc3)cc2)c2cccc(C)c2)cc1. The fraction of sp³-hybridized carbons (Fsp3) is 0.111. The molecule has 0 heterocycles. The summed E-state index contributed by atoms with van der Waals surface area (Å²) in [6.45, 7) is 4.23. The third-order valence-electron chi connectivity index (χ3n) is 5.09. The lowest BCUT2D eigenvalue weighted by Gasteiger charge is -2.26. The van der Waals surface area contributed by atoms with E-state index >= 15 is 0 Å². The van der Waals surface area contributed by atoms with E-state index < -0.39 is 0 Å². The predicted octanol–water partition coefficient (Wildman–Crippen LogP) is 7.07. The molecule has 0 aromatic heterocycles. The van der Waals surface area contributed by atoms with Gasteiger partial charge in [-0.05, 0) is 85.5 Å². The van der Waals surface area contributed by atoms with Crippen LogP contribution in [-0.2, 0) is 6.42 Å². The smallest absolute Gasteiger partial charge is 0.115 e. The molecular formula is C27H25NO. The maximum absolute atomic E-state index is 9.47. The Morgan fingerprint density at radius 3 is 1.72 bits per heavy atom. The van der Waals surface area contributed by atoms with E-state index in [0.29, 0.717) is 5.75 Å². The van der Waals surface area contributed by atoms with E-state index in [1.165, 1.54) is 22.3 Å². The van der Waals surface area contributed by atoms with Crippen molar-refractivity contribution in [3.05, 3.63) is 119 Å². The minimum absolute atomic E-state index is 0.302. The van der Waals surface area contributed by atoms with Crippen LogP contribution in [0.15, 0.2) is 97.1 Å². The molecule has 4 rings (SSSR count). The van der Waals surface area contributed by atoms with Gasteiger partial charge in [0.25, 0.3) is 0 Å². The van der Waals surface area contributed by atoms with E-state index in [0.717, 1.165) is 23.5 Å². The van der Waals surface area contributed by atoms with Crippen LogP contribution >= 0.6 is 0 Å². The normalized spacial score (nSPS) is 10.7. The summed E-state index contributed by atoms with van der Waals surface area (Å²) in [4.78, 5) is 2.29. The summed E-state index contributed by atoms with van der Waals surface area (Å²) in [6.07, 6.45) is 0.843. The molecular weight excluding hydrogens is 354 g/mol. The molecule has 0 bridgehead atoms. The number of anilines is 3. The van der Waals surface area contributed by atoms with Crippen LogP contribution < -0.4 is 4.90 Å². The van der Waals surface area contributed by atoms with Gasteiger partial charge in [-0.25, -0.2) is 0 Å². The minimum Gasteiger partial charge on any atom is -0.508 e. The summed E-state index contributed by atoms with van der Waals surface area (Å²) < 4.78 is 0. The Hall–Kier alpha value is -3.52. The van der Waals surface area contributed by atoms with E-state index in [-0.39, 0.29) is 0 Å². The topological polar surface area (TPSA) is 23.5 Å². The number of benzene rings is 4. The van der Waals surface area contributed by atoms with Gasteiger partial charge < -0.3 is 10.0 Å². The van der Waals surface area contributed by atoms with Crippen LogP contribution in [0.1, 0.15) is 22.3 Å². The first-order valence-electron chi connectivity index (χ1n) is 9.89. The summed E-state index contributed by atoms with van der Waals surface area (Å²) in [7, 11) is 0. The number of aromatic hydroxyl groups is 1. The zero-order valence-corrected chi connectivity index (χ0v) is 16.8. The van der Waals surface area contributed by atoms with Gasteiger partial charge in [0.2, 0.25) is 0 Å². The lowest BCUT2D eigenvalue weighted by atomic mass is 10.0. The molecule has 29 heavy (non-hydrogen) atoms. The zero-order valence-electron chi connectivity index (χ0n) is 16.8. The summed E-state index contributed by atoms with van der Waals surface area (Å²) in [5.74, 6) is 0.302. The van der Waals surface area contributed by atoms with Gasteiger partial charge in [0, 0.05) is 17.1 Å².